The molecule has 20 heavy (non-hydrogen) atoms. The molecule has 1 aromatic carbocycles. The second-order valence-corrected chi connectivity index (χ2v) is 5.39. The molecule has 7 heteroatoms. The Balaban J connectivity index is 2.04. The zero-order chi connectivity index (χ0) is 14.7. The van der Waals surface area contributed by atoms with E-state index in [4.69, 9.17) is 23.2 Å². The van der Waals surface area contributed by atoms with Gasteiger partial charge in [0.2, 0.25) is 0 Å². The van der Waals surface area contributed by atoms with Crippen LogP contribution in [0.1, 0.15) is 12.8 Å². The van der Waals surface area contributed by atoms with Crippen LogP contribution in [0.3, 0.4) is 0 Å². The highest BCUT2D eigenvalue weighted by atomic mass is 35.5. The Morgan fingerprint density at radius 2 is 2.10 bits per heavy atom. The molecule has 1 aromatic rings. The number of rotatable bonds is 1. The summed E-state index contributed by atoms with van der Waals surface area (Å²) in [5.74, 6) is -1.47. The van der Waals surface area contributed by atoms with Gasteiger partial charge in [0.15, 0.2) is 0 Å². The molecule has 2 N–H and O–H groups in total. The average Bonchev–Trinajstić information content (AvgIpc) is 2.43. The van der Waals surface area contributed by atoms with Crippen molar-refractivity contribution in [2.24, 2.45) is 0 Å². The minimum absolute atomic E-state index is 0.176. The number of benzene rings is 1. The summed E-state index contributed by atoms with van der Waals surface area (Å²) in [4.78, 5) is 25.2. The van der Waals surface area contributed by atoms with Gasteiger partial charge in [-0.1, -0.05) is 29.3 Å². The van der Waals surface area contributed by atoms with E-state index in [0.29, 0.717) is 24.4 Å². The number of nitrogens with zero attached hydrogens (tertiary/aromatic N) is 1. The molecule has 0 saturated carbocycles. The van der Waals surface area contributed by atoms with E-state index in [9.17, 15) is 14.7 Å². The second-order valence-electron chi connectivity index (χ2n) is 4.60. The van der Waals surface area contributed by atoms with Crippen molar-refractivity contribution in [1.29, 1.82) is 0 Å². The van der Waals surface area contributed by atoms with E-state index in [0.717, 1.165) is 0 Å². The number of hydrogen-bond donors (Lipinski definition) is 2. The normalized spacial score (nSPS) is 18.8. The van der Waals surface area contributed by atoms with Gasteiger partial charge in [0.1, 0.15) is 0 Å². The molecule has 0 aromatic heterocycles. The van der Waals surface area contributed by atoms with E-state index in [1.54, 1.807) is 18.2 Å². The highest BCUT2D eigenvalue weighted by Gasteiger charge is 2.27. The number of β-amino-alcohol motifs (C(OH)–C–C–N with tert-alkyl or cyclic N) is 1. The monoisotopic (exact) mass is 316 g/mol. The van der Waals surface area contributed by atoms with Crippen LogP contribution >= 0.6 is 23.2 Å². The Hall–Kier alpha value is -1.30. The maximum atomic E-state index is 12.0. The van der Waals surface area contributed by atoms with Crippen LogP contribution in [-0.4, -0.2) is 41.0 Å². The fourth-order valence-electron chi connectivity index (χ4n) is 2.06. The van der Waals surface area contributed by atoms with Crippen molar-refractivity contribution in [2.75, 3.05) is 18.4 Å². The summed E-state index contributed by atoms with van der Waals surface area (Å²) in [5.41, 5.74) is 0.287. The Labute approximate surface area is 126 Å². The molecule has 2 rings (SSSR count). The first-order valence-corrected chi connectivity index (χ1v) is 6.97. The SMILES string of the molecule is O=C(Nc1cccc(Cl)c1Cl)C(=O)N1CCCC(O)C1. The van der Waals surface area contributed by atoms with Crippen LogP contribution in [0.15, 0.2) is 18.2 Å². The first-order valence-electron chi connectivity index (χ1n) is 6.21. The number of aliphatic hydroxyl groups excluding tert-OH is 1. The molecular weight excluding hydrogens is 303 g/mol. The number of hydrogen-bond acceptors (Lipinski definition) is 3. The predicted octanol–water partition coefficient (Wildman–Crippen LogP) is 1.92. The fourth-order valence-corrected chi connectivity index (χ4v) is 2.41. The van der Waals surface area contributed by atoms with Crippen molar-refractivity contribution in [3.63, 3.8) is 0 Å². The Morgan fingerprint density at radius 3 is 2.80 bits per heavy atom. The van der Waals surface area contributed by atoms with Gasteiger partial charge in [-0.2, -0.15) is 0 Å². The van der Waals surface area contributed by atoms with Gasteiger partial charge in [-0.15, -0.1) is 0 Å². The van der Waals surface area contributed by atoms with Crippen molar-refractivity contribution in [2.45, 2.75) is 18.9 Å². The van der Waals surface area contributed by atoms with E-state index in [1.165, 1.54) is 4.90 Å². The summed E-state index contributed by atoms with van der Waals surface area (Å²) < 4.78 is 0. The molecule has 1 fully saturated rings. The van der Waals surface area contributed by atoms with Gasteiger partial charge in [-0.3, -0.25) is 9.59 Å². The molecule has 1 aliphatic rings. The first kappa shape index (κ1) is 15.1. The lowest BCUT2D eigenvalue weighted by molar-refractivity contribution is -0.145. The van der Waals surface area contributed by atoms with E-state index in [1.807, 2.05) is 0 Å². The molecule has 1 atom stereocenters. The van der Waals surface area contributed by atoms with Crippen LogP contribution in [0.2, 0.25) is 10.0 Å². The molecule has 1 saturated heterocycles. The third kappa shape index (κ3) is 3.42. The molecule has 0 radical (unpaired) electrons. The van der Waals surface area contributed by atoms with Crippen LogP contribution < -0.4 is 5.32 Å². The Kier molecular flexibility index (Phi) is 4.86. The molecule has 0 aliphatic carbocycles. The van der Waals surface area contributed by atoms with Crippen LogP contribution in [-0.2, 0) is 9.59 Å². The number of amides is 2. The van der Waals surface area contributed by atoms with Gasteiger partial charge in [-0.25, -0.2) is 0 Å². The minimum atomic E-state index is -0.789. The zero-order valence-corrected chi connectivity index (χ0v) is 12.1. The van der Waals surface area contributed by atoms with Gasteiger partial charge in [0.25, 0.3) is 0 Å². The number of nitrogens with one attached hydrogen (secondary N) is 1. The minimum Gasteiger partial charge on any atom is -0.391 e. The molecule has 1 aliphatic heterocycles. The topological polar surface area (TPSA) is 69.6 Å². The first-order chi connectivity index (χ1) is 9.49. The lowest BCUT2D eigenvalue weighted by Gasteiger charge is -2.29. The third-order valence-electron chi connectivity index (χ3n) is 3.08. The number of anilines is 1. The largest absolute Gasteiger partial charge is 0.391 e. The summed E-state index contributed by atoms with van der Waals surface area (Å²) in [6.07, 6.45) is 0.749. The molecular formula is C13H14Cl2N2O3. The van der Waals surface area contributed by atoms with Crippen LogP contribution in [0, 0.1) is 0 Å². The summed E-state index contributed by atoms with van der Waals surface area (Å²) in [6.45, 7) is 0.641. The van der Waals surface area contributed by atoms with Crippen molar-refractivity contribution in [3.8, 4) is 0 Å². The van der Waals surface area contributed by atoms with Crippen LogP contribution in [0.5, 0.6) is 0 Å². The van der Waals surface area contributed by atoms with Gasteiger partial charge in [0.05, 0.1) is 21.8 Å². The number of aliphatic hydroxyl groups is 1. The third-order valence-corrected chi connectivity index (χ3v) is 3.90. The molecule has 1 unspecified atom stereocenters. The number of carbonyl (C=O) groups is 2. The van der Waals surface area contributed by atoms with Crippen molar-refractivity contribution in [1.82, 2.24) is 4.90 Å². The summed E-state index contributed by atoms with van der Waals surface area (Å²) in [7, 11) is 0. The quantitative estimate of drug-likeness (QED) is 0.778. The molecule has 1 heterocycles. The number of carbonyl (C=O) groups excluding carboxylic acids is 2. The maximum absolute atomic E-state index is 12.0. The summed E-state index contributed by atoms with van der Waals surface area (Å²) >= 11 is 11.8. The van der Waals surface area contributed by atoms with Crippen LogP contribution in [0.25, 0.3) is 0 Å². The lowest BCUT2D eigenvalue weighted by Crippen LogP contribution is -2.46. The van der Waals surface area contributed by atoms with Gasteiger partial charge >= 0.3 is 11.8 Å². The highest BCUT2D eigenvalue weighted by molar-refractivity contribution is 6.45. The van der Waals surface area contributed by atoms with Crippen LogP contribution in [0.4, 0.5) is 5.69 Å². The van der Waals surface area contributed by atoms with E-state index < -0.39 is 17.9 Å². The molecule has 0 bridgehead atoms. The highest BCUT2D eigenvalue weighted by Crippen LogP contribution is 2.29. The number of halogens is 2. The fraction of sp³-hybridized carbons (Fsp3) is 0.385. The standard InChI is InChI=1S/C13H14Cl2N2O3/c14-9-4-1-5-10(11(9)15)16-12(19)13(20)17-6-2-3-8(18)7-17/h1,4-5,8,18H,2-3,6-7H2,(H,16,19). The summed E-state index contributed by atoms with van der Waals surface area (Å²) in [5, 5.41) is 12.4. The summed E-state index contributed by atoms with van der Waals surface area (Å²) in [6, 6.07) is 4.77. The Bertz CT molecular complexity index is 536. The molecule has 0 spiro atoms. The zero-order valence-electron chi connectivity index (χ0n) is 10.6. The van der Waals surface area contributed by atoms with Gasteiger partial charge in [-0.05, 0) is 25.0 Å². The molecule has 5 nitrogen and oxygen atoms in total. The van der Waals surface area contributed by atoms with E-state index in [-0.39, 0.29) is 17.3 Å². The average molecular weight is 317 g/mol. The Morgan fingerprint density at radius 1 is 1.35 bits per heavy atom. The predicted molar refractivity (Wildman–Crippen MR) is 76.9 cm³/mol. The van der Waals surface area contributed by atoms with Gasteiger partial charge in [0, 0.05) is 13.1 Å². The van der Waals surface area contributed by atoms with E-state index >= 15 is 0 Å². The maximum Gasteiger partial charge on any atom is 0.313 e. The number of piperidine rings is 1. The molecule has 108 valence electrons. The van der Waals surface area contributed by atoms with Crippen molar-refractivity contribution < 1.29 is 14.7 Å². The smallest absolute Gasteiger partial charge is 0.313 e. The van der Waals surface area contributed by atoms with Gasteiger partial charge < -0.3 is 15.3 Å². The van der Waals surface area contributed by atoms with E-state index in [2.05, 4.69) is 5.32 Å². The molecule has 2 amide bonds. The lowest BCUT2D eigenvalue weighted by atomic mass is 10.1. The van der Waals surface area contributed by atoms with Crippen molar-refractivity contribution in [3.05, 3.63) is 28.2 Å². The second kappa shape index (κ2) is 6.43. The number of likely N-dealkylation sites (tertiary alicyclic amines) is 1. The van der Waals surface area contributed by atoms with Crippen molar-refractivity contribution >= 4 is 40.7 Å².